The minimum absolute atomic E-state index is 0.000593. The molecule has 2 aliphatic rings. The Morgan fingerprint density at radius 2 is 2.06 bits per heavy atom. The molecule has 2 aliphatic heterocycles. The Morgan fingerprint density at radius 3 is 2.82 bits per heavy atom. The Kier molecular flexibility index (Phi) is 5.74. The van der Waals surface area contributed by atoms with E-state index >= 15 is 0 Å². The summed E-state index contributed by atoms with van der Waals surface area (Å²) in [6, 6.07) is 12.5. The van der Waals surface area contributed by atoms with Crippen molar-refractivity contribution in [3.8, 4) is 5.75 Å². The molecule has 0 radical (unpaired) electrons. The monoisotopic (exact) mass is 448 g/mol. The minimum Gasteiger partial charge on any atom is -0.463 e. The van der Waals surface area contributed by atoms with Gasteiger partial charge in [-0.05, 0) is 43.7 Å². The molecule has 1 spiro atoms. The van der Waals surface area contributed by atoms with Gasteiger partial charge in [0, 0.05) is 42.9 Å². The predicted octanol–water partition coefficient (Wildman–Crippen LogP) is 3.34. The number of nitro groups is 1. The molecule has 9 nitrogen and oxygen atoms in total. The molecule has 9 heteroatoms. The number of amides is 1. The lowest BCUT2D eigenvalue weighted by molar-refractivity contribution is -0.384. The Morgan fingerprint density at radius 1 is 1.27 bits per heavy atom. The second kappa shape index (κ2) is 8.52. The smallest absolute Gasteiger partial charge is 0.270 e. The number of non-ortho nitro benzene ring substituents is 1. The number of rotatable bonds is 7. The van der Waals surface area contributed by atoms with Crippen LogP contribution in [0.2, 0.25) is 0 Å². The van der Waals surface area contributed by atoms with E-state index in [2.05, 4.69) is 35.1 Å². The molecule has 170 valence electrons. The van der Waals surface area contributed by atoms with E-state index in [9.17, 15) is 19.7 Å². The maximum absolute atomic E-state index is 12.4. The van der Waals surface area contributed by atoms with Crippen molar-refractivity contribution in [3.05, 3.63) is 69.8 Å². The van der Waals surface area contributed by atoms with Gasteiger partial charge in [-0.15, -0.1) is 0 Å². The highest BCUT2D eigenvalue weighted by atomic mass is 16.6. The van der Waals surface area contributed by atoms with E-state index in [1.807, 2.05) is 30.4 Å². The molecule has 4 rings (SSSR count). The quantitative estimate of drug-likeness (QED) is 0.228. The number of ether oxygens (including phenoxy) is 1. The third-order valence-electron chi connectivity index (χ3n) is 6.30. The summed E-state index contributed by atoms with van der Waals surface area (Å²) < 4.78 is 6.60. The van der Waals surface area contributed by atoms with Crippen LogP contribution in [0.4, 0.5) is 11.4 Å². The number of isocyanates is 1. The van der Waals surface area contributed by atoms with Crippen molar-refractivity contribution in [2.24, 2.45) is 4.99 Å². The number of benzene rings is 2. The van der Waals surface area contributed by atoms with Crippen molar-refractivity contribution in [1.29, 1.82) is 0 Å². The summed E-state index contributed by atoms with van der Waals surface area (Å²) in [6.07, 6.45) is 5.44. The summed E-state index contributed by atoms with van der Waals surface area (Å²) >= 11 is 0. The molecule has 1 amide bonds. The number of hydrogen-bond acceptors (Lipinski definition) is 7. The zero-order valence-electron chi connectivity index (χ0n) is 18.4. The average molecular weight is 448 g/mol. The number of carbonyl (C=O) groups excluding carboxylic acids is 2. The molecule has 33 heavy (non-hydrogen) atoms. The van der Waals surface area contributed by atoms with Gasteiger partial charge in [0.1, 0.15) is 5.75 Å². The molecule has 1 unspecified atom stereocenters. The molecule has 0 bridgehead atoms. The first kappa shape index (κ1) is 22.2. The highest BCUT2D eigenvalue weighted by Gasteiger charge is 2.58. The Labute approximate surface area is 190 Å². The highest BCUT2D eigenvalue weighted by Crippen LogP contribution is 2.55. The van der Waals surface area contributed by atoms with Crippen LogP contribution in [-0.4, -0.2) is 42.3 Å². The maximum atomic E-state index is 12.4. The Hall–Kier alpha value is -3.97. The number of nitro benzene ring substituents is 1. The van der Waals surface area contributed by atoms with Gasteiger partial charge in [0.15, 0.2) is 0 Å². The standard InChI is InChI=1S/C24H24N4O5/c1-23(2)19-5-3-4-6-20(19)27(14-10-22(30)26-13-12-25-16-29)24(23)11-9-17-15-18(28(31)32)7-8-21(17)33-24/h3-9,11,15H,10,12-14H2,1-2H3,(H,26,30). The second-order valence-electron chi connectivity index (χ2n) is 8.48. The molecule has 1 N–H and O–H groups in total. The summed E-state index contributed by atoms with van der Waals surface area (Å²) in [7, 11) is 0. The number of nitrogens with one attached hydrogen (secondary N) is 1. The van der Waals surface area contributed by atoms with Crippen molar-refractivity contribution in [1.82, 2.24) is 5.32 Å². The lowest BCUT2D eigenvalue weighted by atomic mass is 9.76. The molecular formula is C24H24N4O5. The van der Waals surface area contributed by atoms with Crippen LogP contribution in [-0.2, 0) is 15.0 Å². The summed E-state index contributed by atoms with van der Waals surface area (Å²) in [4.78, 5) is 38.8. The van der Waals surface area contributed by atoms with Gasteiger partial charge < -0.3 is 15.0 Å². The first-order valence-electron chi connectivity index (χ1n) is 10.6. The van der Waals surface area contributed by atoms with E-state index in [0.29, 0.717) is 17.9 Å². The van der Waals surface area contributed by atoms with Crippen molar-refractivity contribution in [3.63, 3.8) is 0 Å². The number of nitrogens with zero attached hydrogens (tertiary/aromatic N) is 3. The van der Waals surface area contributed by atoms with Gasteiger partial charge in [-0.1, -0.05) is 18.2 Å². The summed E-state index contributed by atoms with van der Waals surface area (Å²) in [5.41, 5.74) is 1.29. The highest BCUT2D eigenvalue weighted by molar-refractivity contribution is 5.78. The third-order valence-corrected chi connectivity index (χ3v) is 6.30. The molecule has 0 aliphatic carbocycles. The molecule has 2 aromatic carbocycles. The predicted molar refractivity (Wildman–Crippen MR) is 123 cm³/mol. The van der Waals surface area contributed by atoms with Crippen LogP contribution >= 0.6 is 0 Å². The first-order valence-corrected chi connectivity index (χ1v) is 10.6. The molecule has 1 atom stereocenters. The van der Waals surface area contributed by atoms with Crippen LogP contribution in [0, 0.1) is 10.1 Å². The van der Waals surface area contributed by atoms with E-state index in [1.165, 1.54) is 18.2 Å². The van der Waals surface area contributed by atoms with Crippen LogP contribution in [0.25, 0.3) is 6.08 Å². The second-order valence-corrected chi connectivity index (χ2v) is 8.48. The average Bonchev–Trinajstić information content (AvgIpc) is 2.98. The number of aliphatic imine (C=N–C) groups is 1. The SMILES string of the molecule is CC1(C)c2ccccc2N(CCC(=O)NCCN=C=O)C12C=Cc1cc([N+](=O)[O-])ccc1O2. The summed E-state index contributed by atoms with van der Waals surface area (Å²) in [6.45, 7) is 5.02. The zero-order chi connectivity index (χ0) is 23.6. The van der Waals surface area contributed by atoms with Gasteiger partial charge in [0.25, 0.3) is 5.69 Å². The minimum atomic E-state index is -0.915. The van der Waals surface area contributed by atoms with Crippen LogP contribution in [0.3, 0.4) is 0 Å². The van der Waals surface area contributed by atoms with Crippen LogP contribution < -0.4 is 15.0 Å². The topological polar surface area (TPSA) is 114 Å². The lowest BCUT2D eigenvalue weighted by Crippen LogP contribution is -2.60. The van der Waals surface area contributed by atoms with Crippen LogP contribution in [0.15, 0.2) is 53.5 Å². The molecule has 0 aromatic heterocycles. The number of para-hydroxylation sites is 1. The van der Waals surface area contributed by atoms with E-state index in [0.717, 1.165) is 11.3 Å². The fourth-order valence-electron chi connectivity index (χ4n) is 4.59. The molecule has 0 fully saturated rings. The molecule has 2 aromatic rings. The van der Waals surface area contributed by atoms with Crippen LogP contribution in [0.5, 0.6) is 5.75 Å². The Balaban J connectivity index is 1.65. The molecular weight excluding hydrogens is 424 g/mol. The van der Waals surface area contributed by atoms with Crippen molar-refractivity contribution in [2.75, 3.05) is 24.5 Å². The maximum Gasteiger partial charge on any atom is 0.270 e. The summed E-state index contributed by atoms with van der Waals surface area (Å²) in [5.74, 6) is 0.384. The van der Waals surface area contributed by atoms with Crippen molar-refractivity contribution >= 4 is 29.4 Å². The first-order chi connectivity index (χ1) is 15.8. The fraction of sp³-hybridized carbons (Fsp3) is 0.333. The largest absolute Gasteiger partial charge is 0.463 e. The van der Waals surface area contributed by atoms with Crippen molar-refractivity contribution in [2.45, 2.75) is 31.4 Å². The van der Waals surface area contributed by atoms with Gasteiger partial charge in [0.2, 0.25) is 17.7 Å². The molecule has 2 heterocycles. The normalized spacial score (nSPS) is 19.3. The van der Waals surface area contributed by atoms with Gasteiger partial charge >= 0.3 is 0 Å². The third kappa shape index (κ3) is 3.76. The number of anilines is 1. The lowest BCUT2D eigenvalue weighted by Gasteiger charge is -2.47. The van der Waals surface area contributed by atoms with Gasteiger partial charge in [-0.3, -0.25) is 14.9 Å². The van der Waals surface area contributed by atoms with Gasteiger partial charge in [-0.25, -0.2) is 9.79 Å². The van der Waals surface area contributed by atoms with Gasteiger partial charge in [0.05, 0.1) is 16.9 Å². The number of fused-ring (bicyclic) bond motifs is 2. The van der Waals surface area contributed by atoms with E-state index in [1.54, 1.807) is 6.07 Å². The fourth-order valence-corrected chi connectivity index (χ4v) is 4.59. The van der Waals surface area contributed by atoms with E-state index in [-0.39, 0.29) is 31.1 Å². The van der Waals surface area contributed by atoms with Gasteiger partial charge in [-0.2, -0.15) is 0 Å². The van der Waals surface area contributed by atoms with E-state index < -0.39 is 16.1 Å². The number of hydrogen-bond donors (Lipinski definition) is 1. The van der Waals surface area contributed by atoms with Crippen molar-refractivity contribution < 1.29 is 19.2 Å². The summed E-state index contributed by atoms with van der Waals surface area (Å²) in [5, 5.41) is 13.9. The van der Waals surface area contributed by atoms with E-state index in [4.69, 9.17) is 4.74 Å². The molecule has 0 saturated heterocycles. The molecule has 0 saturated carbocycles. The van der Waals surface area contributed by atoms with Crippen LogP contribution in [0.1, 0.15) is 31.4 Å². The number of carbonyl (C=O) groups is 1. The zero-order valence-corrected chi connectivity index (χ0v) is 18.4. The Bertz CT molecular complexity index is 1190.